The number of alkyl halides is 3. The Balaban J connectivity index is 1.73. The fourth-order valence-corrected chi connectivity index (χ4v) is 3.35. The molecule has 0 aliphatic carbocycles. The monoisotopic (exact) mass is 371 g/mol. The van der Waals surface area contributed by atoms with Crippen molar-refractivity contribution in [2.24, 2.45) is 13.0 Å². The van der Waals surface area contributed by atoms with E-state index >= 15 is 0 Å². The Morgan fingerprint density at radius 3 is 2.81 bits per heavy atom. The lowest BCUT2D eigenvalue weighted by Crippen LogP contribution is -2.32. The molecule has 1 aliphatic heterocycles. The van der Waals surface area contributed by atoms with Gasteiger partial charge in [0.2, 0.25) is 5.91 Å². The molecule has 26 heavy (non-hydrogen) atoms. The summed E-state index contributed by atoms with van der Waals surface area (Å²) >= 11 is 0. The lowest BCUT2D eigenvalue weighted by Gasteiger charge is -2.19. The first-order valence-electron chi connectivity index (χ1n) is 8.19. The van der Waals surface area contributed by atoms with Crippen LogP contribution in [0.4, 0.5) is 13.2 Å². The topological polar surface area (TPSA) is 84.8 Å². The van der Waals surface area contributed by atoms with Crippen molar-refractivity contribution >= 4 is 5.91 Å². The Morgan fingerprint density at radius 1 is 1.46 bits per heavy atom. The Bertz CT molecular complexity index is 811. The lowest BCUT2D eigenvalue weighted by atomic mass is 9.93. The Labute approximate surface area is 147 Å². The van der Waals surface area contributed by atoms with Crippen molar-refractivity contribution in [3.05, 3.63) is 34.4 Å². The molecule has 2 N–H and O–H groups in total. The van der Waals surface area contributed by atoms with Crippen molar-refractivity contribution in [2.45, 2.75) is 39.1 Å². The highest BCUT2D eigenvalue weighted by molar-refractivity contribution is 5.80. The molecular formula is C16H20F3N5O2. The van der Waals surface area contributed by atoms with E-state index in [1.54, 1.807) is 4.68 Å². The zero-order chi connectivity index (χ0) is 19.1. The van der Waals surface area contributed by atoms with Gasteiger partial charge in [-0.2, -0.15) is 23.4 Å². The second kappa shape index (κ2) is 6.75. The van der Waals surface area contributed by atoms with Gasteiger partial charge in [0.05, 0.1) is 23.9 Å². The molecule has 2 aromatic heterocycles. The number of hydrogen-bond donors (Lipinski definition) is 2. The van der Waals surface area contributed by atoms with E-state index < -0.39 is 23.9 Å². The summed E-state index contributed by atoms with van der Waals surface area (Å²) in [6.07, 6.45) is -3.42. The standard InChI is InChI=1S/C16H20F3N5O2/c1-8-12(9(2)24(3)23-8)13-11(4-5-26-13)15(25)20-6-10-7-21-22-14(10)16(17,18)19/h7,11,13H,4-6H2,1-3H3,(H,20,25)(H,21,22)/t11-,13-/m1/s1. The van der Waals surface area contributed by atoms with Gasteiger partial charge in [0.1, 0.15) is 5.69 Å². The maximum atomic E-state index is 12.9. The van der Waals surface area contributed by atoms with Gasteiger partial charge >= 0.3 is 6.18 Å². The van der Waals surface area contributed by atoms with Crippen LogP contribution in [0.5, 0.6) is 0 Å². The van der Waals surface area contributed by atoms with Crippen LogP contribution in [-0.2, 0) is 29.3 Å². The molecule has 10 heteroatoms. The molecule has 1 amide bonds. The normalized spacial score (nSPS) is 20.5. The minimum absolute atomic E-state index is 0.102. The molecule has 3 rings (SSSR count). The predicted molar refractivity (Wildman–Crippen MR) is 84.9 cm³/mol. The number of aryl methyl sites for hydroxylation is 2. The van der Waals surface area contributed by atoms with E-state index in [0.29, 0.717) is 13.0 Å². The molecule has 2 aromatic rings. The highest BCUT2D eigenvalue weighted by Gasteiger charge is 2.39. The highest BCUT2D eigenvalue weighted by atomic mass is 19.4. The minimum Gasteiger partial charge on any atom is -0.373 e. The number of ether oxygens (including phenoxy) is 1. The summed E-state index contributed by atoms with van der Waals surface area (Å²) in [5.74, 6) is -0.817. The average molecular weight is 371 g/mol. The number of aromatic nitrogens is 4. The van der Waals surface area contributed by atoms with E-state index in [4.69, 9.17) is 4.74 Å². The van der Waals surface area contributed by atoms with Gasteiger partial charge in [0, 0.05) is 37.0 Å². The maximum Gasteiger partial charge on any atom is 0.433 e. The number of nitrogens with one attached hydrogen (secondary N) is 2. The van der Waals surface area contributed by atoms with Crippen molar-refractivity contribution < 1.29 is 22.7 Å². The molecule has 0 saturated carbocycles. The summed E-state index contributed by atoms with van der Waals surface area (Å²) in [6, 6.07) is 0. The highest BCUT2D eigenvalue weighted by Crippen LogP contribution is 2.38. The molecule has 0 spiro atoms. The molecule has 1 aliphatic rings. The fraction of sp³-hybridized carbons (Fsp3) is 0.562. The molecule has 0 bridgehead atoms. The van der Waals surface area contributed by atoms with Crippen LogP contribution >= 0.6 is 0 Å². The van der Waals surface area contributed by atoms with Gasteiger partial charge in [-0.05, 0) is 20.3 Å². The summed E-state index contributed by atoms with van der Waals surface area (Å²) in [5.41, 5.74) is 1.50. The van der Waals surface area contributed by atoms with Crippen molar-refractivity contribution in [2.75, 3.05) is 6.61 Å². The number of carbonyl (C=O) groups is 1. The van der Waals surface area contributed by atoms with Crippen molar-refractivity contribution in [3.8, 4) is 0 Å². The average Bonchev–Trinajstić information content (AvgIpc) is 3.25. The van der Waals surface area contributed by atoms with Crippen molar-refractivity contribution in [3.63, 3.8) is 0 Å². The quantitative estimate of drug-likeness (QED) is 0.863. The second-order valence-corrected chi connectivity index (χ2v) is 6.38. The molecule has 1 fully saturated rings. The molecule has 3 heterocycles. The lowest BCUT2D eigenvalue weighted by molar-refractivity contribution is -0.142. The van der Waals surface area contributed by atoms with Crippen molar-refractivity contribution in [1.82, 2.24) is 25.3 Å². The van der Waals surface area contributed by atoms with E-state index in [1.807, 2.05) is 26.0 Å². The van der Waals surface area contributed by atoms with E-state index in [0.717, 1.165) is 23.1 Å². The third-order valence-electron chi connectivity index (χ3n) is 4.73. The van der Waals surface area contributed by atoms with Gasteiger partial charge in [-0.15, -0.1) is 0 Å². The number of carbonyl (C=O) groups excluding carboxylic acids is 1. The number of halogens is 3. The molecule has 0 unspecified atom stereocenters. The van der Waals surface area contributed by atoms with E-state index in [2.05, 4.69) is 15.5 Å². The van der Waals surface area contributed by atoms with Crippen LogP contribution in [0, 0.1) is 19.8 Å². The van der Waals surface area contributed by atoms with Crippen LogP contribution < -0.4 is 5.32 Å². The summed E-state index contributed by atoms with van der Waals surface area (Å²) < 4.78 is 46.1. The number of nitrogens with zero attached hydrogens (tertiary/aromatic N) is 3. The number of hydrogen-bond acceptors (Lipinski definition) is 4. The molecule has 0 radical (unpaired) electrons. The Morgan fingerprint density at radius 2 is 2.19 bits per heavy atom. The predicted octanol–water partition coefficient (Wildman–Crippen LogP) is 2.17. The van der Waals surface area contributed by atoms with Crippen LogP contribution in [0.2, 0.25) is 0 Å². The first kappa shape index (κ1) is 18.4. The smallest absolute Gasteiger partial charge is 0.373 e. The zero-order valence-corrected chi connectivity index (χ0v) is 14.6. The first-order valence-corrected chi connectivity index (χ1v) is 8.19. The summed E-state index contributed by atoms with van der Waals surface area (Å²) in [5, 5.41) is 12.3. The number of aromatic amines is 1. The summed E-state index contributed by atoms with van der Waals surface area (Å²) in [4.78, 5) is 12.6. The Hall–Kier alpha value is -2.36. The molecule has 0 aromatic carbocycles. The molecular weight excluding hydrogens is 351 g/mol. The van der Waals surface area contributed by atoms with E-state index in [9.17, 15) is 18.0 Å². The van der Waals surface area contributed by atoms with Crippen molar-refractivity contribution in [1.29, 1.82) is 0 Å². The van der Waals surface area contributed by atoms with Gasteiger partial charge in [0.15, 0.2) is 0 Å². The van der Waals surface area contributed by atoms with Crippen LogP contribution in [-0.4, -0.2) is 32.5 Å². The molecule has 1 saturated heterocycles. The SMILES string of the molecule is Cc1nn(C)c(C)c1[C@@H]1OCC[C@H]1C(=O)NCc1cn[nH]c1C(F)(F)F. The number of amides is 1. The third-order valence-corrected chi connectivity index (χ3v) is 4.73. The molecule has 7 nitrogen and oxygen atoms in total. The van der Waals surface area contributed by atoms with Crippen LogP contribution in [0.1, 0.15) is 40.7 Å². The maximum absolute atomic E-state index is 12.9. The Kier molecular flexibility index (Phi) is 4.78. The first-order chi connectivity index (χ1) is 12.2. The molecule has 142 valence electrons. The summed E-state index contributed by atoms with van der Waals surface area (Å²) in [7, 11) is 1.81. The second-order valence-electron chi connectivity index (χ2n) is 6.38. The van der Waals surface area contributed by atoms with E-state index in [-0.39, 0.29) is 18.0 Å². The molecule has 2 atom stereocenters. The number of rotatable bonds is 4. The minimum atomic E-state index is -4.54. The third kappa shape index (κ3) is 3.33. The van der Waals surface area contributed by atoms with Gasteiger partial charge in [-0.3, -0.25) is 14.6 Å². The van der Waals surface area contributed by atoms with Gasteiger partial charge < -0.3 is 10.1 Å². The zero-order valence-electron chi connectivity index (χ0n) is 14.6. The van der Waals surface area contributed by atoms with Gasteiger partial charge in [0.25, 0.3) is 0 Å². The largest absolute Gasteiger partial charge is 0.433 e. The van der Waals surface area contributed by atoms with E-state index in [1.165, 1.54) is 0 Å². The summed E-state index contributed by atoms with van der Waals surface area (Å²) in [6.45, 7) is 3.90. The fourth-order valence-electron chi connectivity index (χ4n) is 3.35. The van der Waals surface area contributed by atoms with Gasteiger partial charge in [-0.1, -0.05) is 0 Å². The number of H-pyrrole nitrogens is 1. The van der Waals surface area contributed by atoms with Crippen LogP contribution in [0.25, 0.3) is 0 Å². The van der Waals surface area contributed by atoms with Crippen LogP contribution in [0.3, 0.4) is 0 Å². The van der Waals surface area contributed by atoms with Crippen LogP contribution in [0.15, 0.2) is 6.20 Å². The van der Waals surface area contributed by atoms with Gasteiger partial charge in [-0.25, -0.2) is 0 Å².